The molecule has 104 valence electrons. The van der Waals surface area contributed by atoms with Gasteiger partial charge >= 0.3 is 0 Å². The van der Waals surface area contributed by atoms with Crippen molar-refractivity contribution in [3.8, 4) is 0 Å². The van der Waals surface area contributed by atoms with Crippen LogP contribution in [0, 0.1) is 19.8 Å². The third-order valence-corrected chi connectivity index (χ3v) is 4.61. The number of rotatable bonds is 8. The van der Waals surface area contributed by atoms with E-state index in [1.54, 1.807) is 5.56 Å². The van der Waals surface area contributed by atoms with E-state index in [4.69, 9.17) is 0 Å². The van der Waals surface area contributed by atoms with Gasteiger partial charge in [-0.05, 0) is 50.8 Å². The molecule has 1 rings (SSSR count). The molecule has 0 bridgehead atoms. The summed E-state index contributed by atoms with van der Waals surface area (Å²) in [6.07, 6.45) is 5.24. The van der Waals surface area contributed by atoms with Crippen molar-refractivity contribution in [2.24, 2.45) is 5.92 Å². The lowest BCUT2D eigenvalue weighted by Gasteiger charge is -2.28. The molecule has 2 heteroatoms. The minimum absolute atomic E-state index is 0.555. The van der Waals surface area contributed by atoms with Crippen LogP contribution in [-0.2, 0) is 0 Å². The first kappa shape index (κ1) is 15.7. The van der Waals surface area contributed by atoms with Crippen molar-refractivity contribution in [2.75, 3.05) is 6.54 Å². The first-order chi connectivity index (χ1) is 8.63. The van der Waals surface area contributed by atoms with Crippen molar-refractivity contribution in [3.05, 3.63) is 21.4 Å². The van der Waals surface area contributed by atoms with Crippen molar-refractivity contribution < 1.29 is 0 Å². The molecule has 0 aromatic carbocycles. The summed E-state index contributed by atoms with van der Waals surface area (Å²) in [7, 11) is 0. The Hall–Kier alpha value is -0.340. The second-order valence-electron chi connectivity index (χ2n) is 5.24. The standard InChI is InChI=1S/C16H29NS/c1-6-9-14(10-7-2)16(17-8-3)15-11-12(4)18-13(15)5/h11,14,16-17H,6-10H2,1-5H3. The maximum Gasteiger partial charge on any atom is 0.0359 e. The summed E-state index contributed by atoms with van der Waals surface area (Å²) >= 11 is 1.94. The minimum Gasteiger partial charge on any atom is -0.310 e. The third kappa shape index (κ3) is 4.10. The summed E-state index contributed by atoms with van der Waals surface area (Å²) in [6.45, 7) is 12.4. The highest BCUT2D eigenvalue weighted by Crippen LogP contribution is 2.34. The Bertz CT molecular complexity index is 337. The van der Waals surface area contributed by atoms with Gasteiger partial charge in [-0.2, -0.15) is 0 Å². The normalized spacial score (nSPS) is 13.2. The molecule has 0 saturated heterocycles. The zero-order chi connectivity index (χ0) is 13.5. The zero-order valence-electron chi connectivity index (χ0n) is 12.7. The largest absolute Gasteiger partial charge is 0.310 e. The third-order valence-electron chi connectivity index (χ3n) is 3.63. The molecule has 1 atom stereocenters. The van der Waals surface area contributed by atoms with E-state index in [9.17, 15) is 0 Å². The number of hydrogen-bond donors (Lipinski definition) is 1. The van der Waals surface area contributed by atoms with Crippen LogP contribution >= 0.6 is 11.3 Å². The smallest absolute Gasteiger partial charge is 0.0359 e. The number of hydrogen-bond acceptors (Lipinski definition) is 2. The summed E-state index contributed by atoms with van der Waals surface area (Å²) in [5, 5.41) is 3.73. The molecule has 0 fully saturated rings. The highest BCUT2D eigenvalue weighted by atomic mass is 32.1. The Morgan fingerprint density at radius 3 is 2.11 bits per heavy atom. The van der Waals surface area contributed by atoms with Crippen LogP contribution < -0.4 is 5.32 Å². The zero-order valence-corrected chi connectivity index (χ0v) is 13.5. The monoisotopic (exact) mass is 267 g/mol. The van der Waals surface area contributed by atoms with E-state index in [0.717, 1.165) is 12.5 Å². The minimum atomic E-state index is 0.555. The van der Waals surface area contributed by atoms with Crippen LogP contribution in [0.25, 0.3) is 0 Å². The average molecular weight is 267 g/mol. The highest BCUT2D eigenvalue weighted by Gasteiger charge is 2.23. The van der Waals surface area contributed by atoms with Gasteiger partial charge in [-0.3, -0.25) is 0 Å². The lowest BCUT2D eigenvalue weighted by atomic mass is 9.86. The Balaban J connectivity index is 2.94. The van der Waals surface area contributed by atoms with Gasteiger partial charge in [0.15, 0.2) is 0 Å². The molecule has 0 aliphatic heterocycles. The molecule has 0 saturated carbocycles. The van der Waals surface area contributed by atoms with Crippen LogP contribution in [0.2, 0.25) is 0 Å². The second kappa shape index (κ2) is 7.96. The van der Waals surface area contributed by atoms with Gasteiger partial charge in [0, 0.05) is 15.8 Å². The molecule has 1 aromatic rings. The SMILES string of the molecule is CCCC(CCC)C(NCC)c1cc(C)sc1C. The fraction of sp³-hybridized carbons (Fsp3) is 0.750. The predicted molar refractivity (Wildman–Crippen MR) is 83.5 cm³/mol. The quantitative estimate of drug-likeness (QED) is 0.680. The molecular formula is C16H29NS. The molecule has 0 amide bonds. The summed E-state index contributed by atoms with van der Waals surface area (Å²) in [5.41, 5.74) is 1.55. The van der Waals surface area contributed by atoms with Crippen molar-refractivity contribution in [3.63, 3.8) is 0 Å². The molecule has 1 nitrogen and oxygen atoms in total. The fourth-order valence-electron chi connectivity index (χ4n) is 2.93. The van der Waals surface area contributed by atoms with E-state index >= 15 is 0 Å². The summed E-state index contributed by atoms with van der Waals surface area (Å²) < 4.78 is 0. The van der Waals surface area contributed by atoms with Crippen LogP contribution in [0.4, 0.5) is 0 Å². The first-order valence-electron chi connectivity index (χ1n) is 7.44. The van der Waals surface area contributed by atoms with Crippen molar-refractivity contribution in [1.29, 1.82) is 0 Å². The lowest BCUT2D eigenvalue weighted by molar-refractivity contribution is 0.320. The lowest BCUT2D eigenvalue weighted by Crippen LogP contribution is -2.28. The molecule has 1 heterocycles. The van der Waals surface area contributed by atoms with Crippen molar-refractivity contribution in [1.82, 2.24) is 5.32 Å². The van der Waals surface area contributed by atoms with Crippen LogP contribution in [0.5, 0.6) is 0 Å². The molecule has 0 aliphatic carbocycles. The van der Waals surface area contributed by atoms with Gasteiger partial charge in [0.1, 0.15) is 0 Å². The van der Waals surface area contributed by atoms with E-state index in [1.807, 2.05) is 11.3 Å². The molecule has 18 heavy (non-hydrogen) atoms. The molecule has 0 spiro atoms. The van der Waals surface area contributed by atoms with Gasteiger partial charge in [-0.15, -0.1) is 11.3 Å². The highest BCUT2D eigenvalue weighted by molar-refractivity contribution is 7.12. The summed E-state index contributed by atoms with van der Waals surface area (Å²) in [5.74, 6) is 0.785. The molecular weight excluding hydrogens is 238 g/mol. The first-order valence-corrected chi connectivity index (χ1v) is 8.25. The number of thiophene rings is 1. The maximum absolute atomic E-state index is 3.73. The van der Waals surface area contributed by atoms with E-state index in [0.29, 0.717) is 6.04 Å². The van der Waals surface area contributed by atoms with Gasteiger partial charge in [-0.1, -0.05) is 33.6 Å². The summed E-state index contributed by atoms with van der Waals surface area (Å²) in [4.78, 5) is 2.94. The molecule has 0 radical (unpaired) electrons. The fourth-order valence-corrected chi connectivity index (χ4v) is 3.90. The van der Waals surface area contributed by atoms with Gasteiger partial charge in [-0.25, -0.2) is 0 Å². The molecule has 1 unspecified atom stereocenters. The van der Waals surface area contributed by atoms with Crippen LogP contribution in [0.3, 0.4) is 0 Å². The van der Waals surface area contributed by atoms with Crippen LogP contribution in [0.15, 0.2) is 6.07 Å². The van der Waals surface area contributed by atoms with Crippen LogP contribution in [0.1, 0.15) is 67.8 Å². The van der Waals surface area contributed by atoms with E-state index < -0.39 is 0 Å². The van der Waals surface area contributed by atoms with Crippen LogP contribution in [-0.4, -0.2) is 6.54 Å². The Labute approximate surface area is 117 Å². The van der Waals surface area contributed by atoms with E-state index in [1.165, 1.54) is 35.4 Å². The van der Waals surface area contributed by atoms with E-state index in [-0.39, 0.29) is 0 Å². The molecule has 1 N–H and O–H groups in total. The van der Waals surface area contributed by atoms with Crippen molar-refractivity contribution >= 4 is 11.3 Å². The topological polar surface area (TPSA) is 12.0 Å². The van der Waals surface area contributed by atoms with Crippen molar-refractivity contribution in [2.45, 2.75) is 66.3 Å². The Kier molecular flexibility index (Phi) is 6.95. The molecule has 0 aliphatic rings. The Morgan fingerprint density at radius 1 is 1.11 bits per heavy atom. The van der Waals surface area contributed by atoms with Gasteiger partial charge in [0.2, 0.25) is 0 Å². The number of nitrogens with one attached hydrogen (secondary N) is 1. The maximum atomic E-state index is 3.73. The average Bonchev–Trinajstić information content (AvgIpc) is 2.65. The van der Waals surface area contributed by atoms with Gasteiger partial charge in [0.05, 0.1) is 0 Å². The Morgan fingerprint density at radius 2 is 1.72 bits per heavy atom. The second-order valence-corrected chi connectivity index (χ2v) is 6.70. The van der Waals surface area contributed by atoms with Gasteiger partial charge in [0.25, 0.3) is 0 Å². The van der Waals surface area contributed by atoms with E-state index in [2.05, 4.69) is 46.0 Å². The predicted octanol–water partition coefficient (Wildman–Crippen LogP) is 5.23. The van der Waals surface area contributed by atoms with Gasteiger partial charge < -0.3 is 5.32 Å². The summed E-state index contributed by atoms with van der Waals surface area (Å²) in [6, 6.07) is 2.95. The number of aryl methyl sites for hydroxylation is 2. The molecule has 1 aromatic heterocycles.